The van der Waals surface area contributed by atoms with Crippen LogP contribution in [0.25, 0.3) is 0 Å². The van der Waals surface area contributed by atoms with E-state index >= 15 is 0 Å². The first-order valence-electron chi connectivity index (χ1n) is 5.13. The zero-order valence-corrected chi connectivity index (χ0v) is 10.0. The quantitative estimate of drug-likeness (QED) is 0.853. The minimum atomic E-state index is 0.164. The van der Waals surface area contributed by atoms with Gasteiger partial charge in [-0.25, -0.2) is 9.97 Å². The average molecular weight is 272 g/mol. The average Bonchev–Trinajstić information content (AvgIpc) is 2.80. The van der Waals surface area contributed by atoms with E-state index in [9.17, 15) is 0 Å². The Kier molecular flexibility index (Phi) is 3.91. The van der Waals surface area contributed by atoms with E-state index in [0.29, 0.717) is 0 Å². The lowest BCUT2D eigenvalue weighted by Crippen LogP contribution is -2.06. The summed E-state index contributed by atoms with van der Waals surface area (Å²) >= 11 is 3.36. The van der Waals surface area contributed by atoms with Crippen LogP contribution in [-0.4, -0.2) is 28.4 Å². The summed E-state index contributed by atoms with van der Waals surface area (Å²) in [7, 11) is 0. The molecule has 15 heavy (non-hydrogen) atoms. The molecule has 1 aliphatic rings. The smallest absolute Gasteiger partial charge is 0.129 e. The van der Waals surface area contributed by atoms with Crippen LogP contribution in [-0.2, 0) is 4.74 Å². The number of ether oxygens (including phenoxy) is 1. The molecule has 0 spiro atoms. The van der Waals surface area contributed by atoms with Crippen molar-refractivity contribution in [2.24, 2.45) is 0 Å². The van der Waals surface area contributed by atoms with Crippen molar-refractivity contribution < 1.29 is 4.74 Å². The molecule has 0 amide bonds. The van der Waals surface area contributed by atoms with Crippen molar-refractivity contribution >= 4 is 21.7 Å². The molecular weight excluding hydrogens is 258 g/mol. The minimum absolute atomic E-state index is 0.164. The fourth-order valence-electron chi connectivity index (χ4n) is 1.63. The number of halogens is 1. The van der Waals surface area contributed by atoms with Crippen LogP contribution in [0.2, 0.25) is 0 Å². The molecule has 0 aliphatic carbocycles. The maximum Gasteiger partial charge on any atom is 0.129 e. The van der Waals surface area contributed by atoms with E-state index in [0.717, 1.165) is 42.8 Å². The van der Waals surface area contributed by atoms with Crippen molar-refractivity contribution in [1.29, 1.82) is 0 Å². The predicted molar refractivity (Wildman–Crippen MR) is 62.2 cm³/mol. The van der Waals surface area contributed by atoms with E-state index in [1.54, 1.807) is 6.33 Å². The highest BCUT2D eigenvalue weighted by Gasteiger charge is 2.19. The monoisotopic (exact) mass is 271 g/mol. The zero-order valence-electron chi connectivity index (χ0n) is 8.45. The molecule has 5 heteroatoms. The fraction of sp³-hybridized carbons (Fsp3) is 0.600. The van der Waals surface area contributed by atoms with Crippen molar-refractivity contribution in [3.05, 3.63) is 18.1 Å². The lowest BCUT2D eigenvalue weighted by atomic mass is 10.2. The number of nitrogens with one attached hydrogen (secondary N) is 1. The Morgan fingerprint density at radius 3 is 3.20 bits per heavy atom. The second-order valence-corrected chi connectivity index (χ2v) is 4.24. The molecule has 2 heterocycles. The summed E-state index contributed by atoms with van der Waals surface area (Å²) in [5.41, 5.74) is 0.986. The van der Waals surface area contributed by atoms with Crippen LogP contribution in [0.15, 0.2) is 12.4 Å². The van der Waals surface area contributed by atoms with Crippen molar-refractivity contribution in [3.8, 4) is 0 Å². The number of anilines is 1. The van der Waals surface area contributed by atoms with E-state index < -0.39 is 0 Å². The second kappa shape index (κ2) is 5.42. The van der Waals surface area contributed by atoms with Gasteiger partial charge in [0.25, 0.3) is 0 Å². The molecule has 1 aliphatic heterocycles. The first kappa shape index (κ1) is 10.8. The SMILES string of the molecule is BrCCNc1cc(C2CCCO2)ncn1. The molecule has 1 unspecified atom stereocenters. The summed E-state index contributed by atoms with van der Waals surface area (Å²) < 4.78 is 5.57. The topological polar surface area (TPSA) is 47.0 Å². The molecule has 82 valence electrons. The predicted octanol–water partition coefficient (Wildman–Crippen LogP) is 2.13. The highest BCUT2D eigenvalue weighted by molar-refractivity contribution is 9.09. The maximum absolute atomic E-state index is 5.57. The number of rotatable bonds is 4. The molecule has 0 aromatic carbocycles. The molecule has 1 saturated heterocycles. The van der Waals surface area contributed by atoms with Crippen molar-refractivity contribution in [3.63, 3.8) is 0 Å². The maximum atomic E-state index is 5.57. The van der Waals surface area contributed by atoms with Crippen LogP contribution in [0.5, 0.6) is 0 Å². The molecule has 1 fully saturated rings. The molecule has 1 aromatic rings. The van der Waals surface area contributed by atoms with Gasteiger partial charge in [0.1, 0.15) is 12.1 Å². The van der Waals surface area contributed by atoms with Crippen LogP contribution < -0.4 is 5.32 Å². The Hall–Kier alpha value is -0.680. The Bertz CT molecular complexity index is 315. The van der Waals surface area contributed by atoms with Gasteiger partial charge in [-0.3, -0.25) is 0 Å². The Labute approximate surface area is 97.6 Å². The lowest BCUT2D eigenvalue weighted by Gasteiger charge is -2.10. The van der Waals surface area contributed by atoms with Gasteiger partial charge in [0.15, 0.2) is 0 Å². The number of alkyl halides is 1. The fourth-order valence-corrected chi connectivity index (χ4v) is 1.83. The van der Waals surface area contributed by atoms with E-state index in [2.05, 4.69) is 31.2 Å². The minimum Gasteiger partial charge on any atom is -0.372 e. The molecule has 4 nitrogen and oxygen atoms in total. The van der Waals surface area contributed by atoms with Gasteiger partial charge in [0, 0.05) is 24.5 Å². The highest BCUT2D eigenvalue weighted by Crippen LogP contribution is 2.27. The van der Waals surface area contributed by atoms with Gasteiger partial charge in [0.05, 0.1) is 11.8 Å². The largest absolute Gasteiger partial charge is 0.372 e. The summed E-state index contributed by atoms with van der Waals surface area (Å²) in [6, 6.07) is 1.97. The van der Waals surface area contributed by atoms with Crippen molar-refractivity contribution in [2.75, 3.05) is 23.8 Å². The first-order chi connectivity index (χ1) is 7.40. The van der Waals surface area contributed by atoms with Gasteiger partial charge in [0.2, 0.25) is 0 Å². The Morgan fingerprint density at radius 2 is 2.47 bits per heavy atom. The van der Waals surface area contributed by atoms with Gasteiger partial charge >= 0.3 is 0 Å². The summed E-state index contributed by atoms with van der Waals surface area (Å²) in [5, 5.41) is 4.11. The van der Waals surface area contributed by atoms with E-state index in [4.69, 9.17) is 4.74 Å². The summed E-state index contributed by atoms with van der Waals surface area (Å²) in [4.78, 5) is 8.39. The van der Waals surface area contributed by atoms with E-state index in [-0.39, 0.29) is 6.10 Å². The molecule has 1 aromatic heterocycles. The standard InChI is InChI=1S/C10H14BrN3O/c11-3-4-12-10-6-8(13-7-14-10)9-2-1-5-15-9/h6-7,9H,1-5H2,(H,12,13,14). The summed E-state index contributed by atoms with van der Waals surface area (Å²) in [6.07, 6.45) is 3.94. The molecule has 0 saturated carbocycles. The van der Waals surface area contributed by atoms with Crippen LogP contribution >= 0.6 is 15.9 Å². The lowest BCUT2D eigenvalue weighted by molar-refractivity contribution is 0.108. The van der Waals surface area contributed by atoms with Crippen LogP contribution in [0, 0.1) is 0 Å². The highest BCUT2D eigenvalue weighted by atomic mass is 79.9. The molecule has 2 rings (SSSR count). The first-order valence-corrected chi connectivity index (χ1v) is 6.25. The number of nitrogens with zero attached hydrogens (tertiary/aromatic N) is 2. The number of hydrogen-bond donors (Lipinski definition) is 1. The van der Waals surface area contributed by atoms with Crippen LogP contribution in [0.4, 0.5) is 5.82 Å². The van der Waals surface area contributed by atoms with Crippen molar-refractivity contribution in [1.82, 2.24) is 9.97 Å². The van der Waals surface area contributed by atoms with Gasteiger partial charge in [-0.05, 0) is 12.8 Å². The third kappa shape index (κ3) is 2.89. The van der Waals surface area contributed by atoms with Gasteiger partial charge in [-0.2, -0.15) is 0 Å². The van der Waals surface area contributed by atoms with Gasteiger partial charge in [-0.15, -0.1) is 0 Å². The third-order valence-electron chi connectivity index (χ3n) is 2.35. The Balaban J connectivity index is 2.04. The summed E-state index contributed by atoms with van der Waals surface area (Å²) in [5.74, 6) is 0.870. The number of aromatic nitrogens is 2. The van der Waals surface area contributed by atoms with Gasteiger partial charge in [-0.1, -0.05) is 15.9 Å². The summed E-state index contributed by atoms with van der Waals surface area (Å²) in [6.45, 7) is 1.71. The molecule has 1 N–H and O–H groups in total. The van der Waals surface area contributed by atoms with Crippen molar-refractivity contribution in [2.45, 2.75) is 18.9 Å². The normalized spacial score (nSPS) is 20.5. The van der Waals surface area contributed by atoms with Crippen LogP contribution in [0.3, 0.4) is 0 Å². The second-order valence-electron chi connectivity index (χ2n) is 3.45. The molecular formula is C10H14BrN3O. The number of hydrogen-bond acceptors (Lipinski definition) is 4. The van der Waals surface area contributed by atoms with E-state index in [1.807, 2.05) is 6.07 Å². The molecule has 0 bridgehead atoms. The van der Waals surface area contributed by atoms with Gasteiger partial charge < -0.3 is 10.1 Å². The zero-order chi connectivity index (χ0) is 10.5. The third-order valence-corrected chi connectivity index (χ3v) is 2.74. The van der Waals surface area contributed by atoms with E-state index in [1.165, 1.54) is 0 Å². The Morgan fingerprint density at radius 1 is 1.53 bits per heavy atom. The molecule has 0 radical (unpaired) electrons. The van der Waals surface area contributed by atoms with Crippen LogP contribution in [0.1, 0.15) is 24.6 Å². The molecule has 1 atom stereocenters.